The van der Waals surface area contributed by atoms with Crippen molar-refractivity contribution in [3.8, 4) is 5.75 Å². The fourth-order valence-corrected chi connectivity index (χ4v) is 1.23. The smallest absolute Gasteiger partial charge is 0.119 e. The van der Waals surface area contributed by atoms with E-state index in [1.54, 1.807) is 0 Å². The number of nitrogens with one attached hydrogen (secondary N) is 1. The Labute approximate surface area is 92.0 Å². The third kappa shape index (κ3) is 5.92. The molecule has 1 aromatic rings. The largest absolute Gasteiger partial charge is 0.492 e. The molecule has 0 bridgehead atoms. The molecule has 0 fully saturated rings. The Hall–Kier alpha value is -1.28. The predicted octanol–water partition coefficient (Wildman–Crippen LogP) is 2.62. The lowest BCUT2D eigenvalue weighted by atomic mass is 10.3. The zero-order valence-electron chi connectivity index (χ0n) is 9.28. The lowest BCUT2D eigenvalue weighted by molar-refractivity contribution is 0.314. The molecule has 0 radical (unpaired) electrons. The molecule has 0 amide bonds. The van der Waals surface area contributed by atoms with E-state index in [2.05, 4.69) is 17.5 Å². The van der Waals surface area contributed by atoms with Gasteiger partial charge >= 0.3 is 0 Å². The van der Waals surface area contributed by atoms with Gasteiger partial charge in [0.15, 0.2) is 0 Å². The Morgan fingerprint density at radius 1 is 1.20 bits per heavy atom. The summed E-state index contributed by atoms with van der Waals surface area (Å²) < 4.78 is 5.53. The van der Waals surface area contributed by atoms with E-state index in [0.29, 0.717) is 0 Å². The Bertz CT molecular complexity index is 269. The lowest BCUT2D eigenvalue weighted by Crippen LogP contribution is -2.21. The van der Waals surface area contributed by atoms with Crippen LogP contribution in [0.5, 0.6) is 5.75 Å². The van der Waals surface area contributed by atoms with Crippen molar-refractivity contribution in [3.05, 3.63) is 42.5 Å². The standard InChI is InChI=1S/C13H19NO/c1-2-3-7-10-14-11-12-15-13-8-5-4-6-9-13/h2-6,8-9,14H,7,10-12H2,1H3/b3-2+. The minimum Gasteiger partial charge on any atom is -0.492 e. The van der Waals surface area contributed by atoms with E-state index in [1.165, 1.54) is 0 Å². The molecule has 0 aliphatic carbocycles. The number of rotatable bonds is 7. The minimum absolute atomic E-state index is 0.722. The lowest BCUT2D eigenvalue weighted by Gasteiger charge is -2.06. The second kappa shape index (κ2) is 8.06. The number of hydrogen-bond acceptors (Lipinski definition) is 2. The van der Waals surface area contributed by atoms with E-state index in [0.717, 1.165) is 31.9 Å². The van der Waals surface area contributed by atoms with Crippen molar-refractivity contribution in [1.82, 2.24) is 5.32 Å². The van der Waals surface area contributed by atoms with Gasteiger partial charge in [-0.1, -0.05) is 30.4 Å². The number of hydrogen-bond donors (Lipinski definition) is 1. The van der Waals surface area contributed by atoms with Gasteiger partial charge in [-0.15, -0.1) is 0 Å². The van der Waals surface area contributed by atoms with Crippen LogP contribution in [-0.2, 0) is 0 Å². The van der Waals surface area contributed by atoms with E-state index in [9.17, 15) is 0 Å². The molecule has 0 aliphatic rings. The van der Waals surface area contributed by atoms with Crippen LogP contribution >= 0.6 is 0 Å². The van der Waals surface area contributed by atoms with Crippen LogP contribution in [0.25, 0.3) is 0 Å². The summed E-state index contributed by atoms with van der Waals surface area (Å²) >= 11 is 0. The molecule has 0 unspecified atom stereocenters. The number of benzene rings is 1. The predicted molar refractivity (Wildman–Crippen MR) is 64.2 cm³/mol. The summed E-state index contributed by atoms with van der Waals surface area (Å²) in [6.45, 7) is 4.67. The molecule has 15 heavy (non-hydrogen) atoms. The quantitative estimate of drug-likeness (QED) is 0.546. The molecule has 0 atom stereocenters. The maximum Gasteiger partial charge on any atom is 0.119 e. The van der Waals surface area contributed by atoms with Gasteiger partial charge < -0.3 is 10.1 Å². The Kier molecular flexibility index (Phi) is 6.34. The maximum absolute atomic E-state index is 5.53. The first kappa shape index (κ1) is 11.8. The molecular formula is C13H19NO. The number of allylic oxidation sites excluding steroid dienone is 1. The summed E-state index contributed by atoms with van der Waals surface area (Å²) in [5.74, 6) is 0.938. The van der Waals surface area contributed by atoms with Gasteiger partial charge in [-0.3, -0.25) is 0 Å². The molecule has 82 valence electrons. The summed E-state index contributed by atoms with van der Waals surface area (Å²) in [6.07, 6.45) is 5.31. The second-order valence-electron chi connectivity index (χ2n) is 3.27. The molecule has 1 N–H and O–H groups in total. The van der Waals surface area contributed by atoms with Gasteiger partial charge in [0.2, 0.25) is 0 Å². The molecule has 0 saturated carbocycles. The molecule has 2 heteroatoms. The van der Waals surface area contributed by atoms with Gasteiger partial charge in [0.1, 0.15) is 12.4 Å². The van der Waals surface area contributed by atoms with Crippen molar-refractivity contribution < 1.29 is 4.74 Å². The Morgan fingerprint density at radius 2 is 2.00 bits per heavy atom. The zero-order valence-corrected chi connectivity index (χ0v) is 9.28. The zero-order chi connectivity index (χ0) is 10.8. The van der Waals surface area contributed by atoms with E-state index < -0.39 is 0 Å². The Balaban J connectivity index is 1.98. The second-order valence-corrected chi connectivity index (χ2v) is 3.27. The van der Waals surface area contributed by atoms with Gasteiger partial charge in [-0.2, -0.15) is 0 Å². The summed E-state index contributed by atoms with van der Waals surface area (Å²) in [5.41, 5.74) is 0. The molecular weight excluding hydrogens is 186 g/mol. The SMILES string of the molecule is C/C=C/CCNCCOc1ccccc1. The van der Waals surface area contributed by atoms with Crippen LogP contribution in [0.2, 0.25) is 0 Å². The molecule has 0 spiro atoms. The first-order chi connectivity index (χ1) is 7.43. The molecule has 0 saturated heterocycles. The highest BCUT2D eigenvalue weighted by molar-refractivity contribution is 5.20. The molecule has 0 aliphatic heterocycles. The fourth-order valence-electron chi connectivity index (χ4n) is 1.23. The summed E-state index contributed by atoms with van der Waals surface area (Å²) in [6, 6.07) is 9.89. The topological polar surface area (TPSA) is 21.3 Å². The van der Waals surface area contributed by atoms with Gasteiger partial charge in [-0.25, -0.2) is 0 Å². The van der Waals surface area contributed by atoms with Crippen molar-refractivity contribution in [2.45, 2.75) is 13.3 Å². The average Bonchev–Trinajstić information content (AvgIpc) is 2.29. The van der Waals surface area contributed by atoms with Crippen molar-refractivity contribution in [2.75, 3.05) is 19.7 Å². The van der Waals surface area contributed by atoms with Crippen LogP contribution in [0.3, 0.4) is 0 Å². The van der Waals surface area contributed by atoms with Crippen molar-refractivity contribution >= 4 is 0 Å². The van der Waals surface area contributed by atoms with Gasteiger partial charge in [0, 0.05) is 6.54 Å². The van der Waals surface area contributed by atoms with E-state index in [-0.39, 0.29) is 0 Å². The monoisotopic (exact) mass is 205 g/mol. The third-order valence-corrected chi connectivity index (χ3v) is 2.01. The average molecular weight is 205 g/mol. The molecule has 0 aromatic heterocycles. The number of para-hydroxylation sites is 1. The maximum atomic E-state index is 5.53. The number of ether oxygens (including phenoxy) is 1. The molecule has 0 heterocycles. The highest BCUT2D eigenvalue weighted by Crippen LogP contribution is 2.07. The van der Waals surface area contributed by atoms with Gasteiger partial charge in [0.25, 0.3) is 0 Å². The van der Waals surface area contributed by atoms with Crippen LogP contribution in [0.15, 0.2) is 42.5 Å². The first-order valence-electron chi connectivity index (χ1n) is 5.43. The fraction of sp³-hybridized carbons (Fsp3) is 0.385. The molecule has 1 rings (SSSR count). The van der Waals surface area contributed by atoms with E-state index in [4.69, 9.17) is 4.74 Å². The highest BCUT2D eigenvalue weighted by atomic mass is 16.5. The first-order valence-corrected chi connectivity index (χ1v) is 5.43. The van der Waals surface area contributed by atoms with Crippen LogP contribution in [0.4, 0.5) is 0 Å². The summed E-state index contributed by atoms with van der Waals surface area (Å²) in [5, 5.41) is 3.31. The van der Waals surface area contributed by atoms with Crippen LogP contribution < -0.4 is 10.1 Å². The normalized spacial score (nSPS) is 10.7. The Morgan fingerprint density at radius 3 is 2.73 bits per heavy atom. The van der Waals surface area contributed by atoms with E-state index >= 15 is 0 Å². The summed E-state index contributed by atoms with van der Waals surface area (Å²) in [7, 11) is 0. The van der Waals surface area contributed by atoms with Crippen LogP contribution in [0, 0.1) is 0 Å². The van der Waals surface area contributed by atoms with Gasteiger partial charge in [-0.05, 0) is 32.0 Å². The van der Waals surface area contributed by atoms with Crippen LogP contribution in [-0.4, -0.2) is 19.7 Å². The van der Waals surface area contributed by atoms with E-state index in [1.807, 2.05) is 37.3 Å². The molecule has 2 nitrogen and oxygen atoms in total. The molecule has 1 aromatic carbocycles. The van der Waals surface area contributed by atoms with Gasteiger partial charge in [0.05, 0.1) is 0 Å². The highest BCUT2D eigenvalue weighted by Gasteiger charge is 1.90. The van der Waals surface area contributed by atoms with Crippen molar-refractivity contribution in [3.63, 3.8) is 0 Å². The van der Waals surface area contributed by atoms with Crippen LogP contribution in [0.1, 0.15) is 13.3 Å². The van der Waals surface area contributed by atoms with Crippen molar-refractivity contribution in [1.29, 1.82) is 0 Å². The summed E-state index contributed by atoms with van der Waals surface area (Å²) in [4.78, 5) is 0. The third-order valence-electron chi connectivity index (χ3n) is 2.01. The minimum atomic E-state index is 0.722. The van der Waals surface area contributed by atoms with Crippen molar-refractivity contribution in [2.24, 2.45) is 0 Å².